The van der Waals surface area contributed by atoms with Crippen LogP contribution in [0.4, 0.5) is 0 Å². The van der Waals surface area contributed by atoms with Crippen molar-refractivity contribution in [3.8, 4) is 0 Å². The molecule has 0 aromatic carbocycles. The van der Waals surface area contributed by atoms with Crippen LogP contribution in [0, 0.1) is 5.92 Å². The van der Waals surface area contributed by atoms with Gasteiger partial charge in [-0.2, -0.15) is 0 Å². The first kappa shape index (κ1) is 25.8. The molecule has 29 heavy (non-hydrogen) atoms. The van der Waals surface area contributed by atoms with Gasteiger partial charge in [0, 0.05) is 0 Å². The average molecular weight is 417 g/mol. The van der Waals surface area contributed by atoms with Gasteiger partial charge in [0.05, 0.1) is 18.9 Å². The van der Waals surface area contributed by atoms with Crippen molar-refractivity contribution in [2.75, 3.05) is 0 Å². The number of hydrogen-bond donors (Lipinski definition) is 7. The van der Waals surface area contributed by atoms with E-state index < -0.39 is 78.5 Å². The summed E-state index contributed by atoms with van der Waals surface area (Å²) < 4.78 is 0. The number of carboxylic acid groups (broad SMARTS) is 2. The van der Waals surface area contributed by atoms with Gasteiger partial charge in [0.1, 0.15) is 18.1 Å². The third-order valence-corrected chi connectivity index (χ3v) is 3.75. The van der Waals surface area contributed by atoms with Gasteiger partial charge in [-0.25, -0.2) is 0 Å². The van der Waals surface area contributed by atoms with E-state index in [-0.39, 0.29) is 0 Å². The molecule has 0 aliphatic rings. The van der Waals surface area contributed by atoms with Crippen molar-refractivity contribution in [2.24, 2.45) is 17.4 Å². The summed E-state index contributed by atoms with van der Waals surface area (Å²) in [5.41, 5.74) is 10.5. The van der Waals surface area contributed by atoms with Crippen LogP contribution in [0.5, 0.6) is 0 Å². The summed E-state index contributed by atoms with van der Waals surface area (Å²) in [5, 5.41) is 24.2. The molecule has 0 fully saturated rings. The summed E-state index contributed by atoms with van der Waals surface area (Å²) in [5.74, 6) is -6.77. The second-order valence-corrected chi connectivity index (χ2v) is 6.73. The minimum atomic E-state index is -1.51. The highest BCUT2D eigenvalue weighted by atomic mass is 16.4. The molecule has 0 spiro atoms. The highest BCUT2D eigenvalue weighted by Crippen LogP contribution is 2.05. The summed E-state index contributed by atoms with van der Waals surface area (Å²) in [6, 6.07) is -5.37. The lowest BCUT2D eigenvalue weighted by Gasteiger charge is -2.26. The van der Waals surface area contributed by atoms with Crippen LogP contribution in [0.25, 0.3) is 0 Å². The molecule has 0 aliphatic carbocycles. The Morgan fingerprint density at radius 2 is 1.38 bits per heavy atom. The second-order valence-electron chi connectivity index (χ2n) is 6.73. The van der Waals surface area contributed by atoms with Gasteiger partial charge in [-0.1, -0.05) is 13.8 Å². The van der Waals surface area contributed by atoms with E-state index in [1.54, 1.807) is 13.8 Å². The maximum absolute atomic E-state index is 12.5. The number of nitrogens with two attached hydrogens (primary N) is 2. The number of hydrogen-bond acceptors (Lipinski definition) is 7. The molecule has 0 radical (unpaired) electrons. The van der Waals surface area contributed by atoms with Crippen LogP contribution in [0.2, 0.25) is 0 Å². The summed E-state index contributed by atoms with van der Waals surface area (Å²) in [7, 11) is 0. The molecule has 0 rings (SSSR count). The Hall–Kier alpha value is -3.22. The summed E-state index contributed by atoms with van der Waals surface area (Å²) >= 11 is 0. The van der Waals surface area contributed by atoms with Crippen LogP contribution in [0.3, 0.4) is 0 Å². The predicted octanol–water partition coefficient (Wildman–Crippen LogP) is -3.12. The van der Waals surface area contributed by atoms with Crippen LogP contribution in [0.1, 0.15) is 33.6 Å². The average Bonchev–Trinajstić information content (AvgIpc) is 2.56. The van der Waals surface area contributed by atoms with Crippen LogP contribution in [0.15, 0.2) is 0 Å². The maximum Gasteiger partial charge on any atom is 0.325 e. The van der Waals surface area contributed by atoms with Crippen LogP contribution >= 0.6 is 0 Å². The molecule has 0 aliphatic heterocycles. The maximum atomic E-state index is 12.5. The fourth-order valence-corrected chi connectivity index (χ4v) is 2.12. The molecule has 4 unspecified atom stereocenters. The second kappa shape index (κ2) is 11.6. The van der Waals surface area contributed by atoms with Crippen molar-refractivity contribution in [2.45, 2.75) is 57.8 Å². The van der Waals surface area contributed by atoms with E-state index in [0.29, 0.717) is 0 Å². The van der Waals surface area contributed by atoms with Gasteiger partial charge in [0.15, 0.2) is 0 Å². The molecule has 0 saturated heterocycles. The van der Waals surface area contributed by atoms with Crippen molar-refractivity contribution in [3.63, 3.8) is 0 Å². The Balaban J connectivity index is 5.32. The molecule has 0 saturated carbocycles. The van der Waals surface area contributed by atoms with E-state index in [0.717, 1.165) is 0 Å². The number of nitrogens with one attached hydrogen (secondary N) is 3. The number of carbonyl (C=O) groups is 6. The van der Waals surface area contributed by atoms with Gasteiger partial charge >= 0.3 is 11.9 Å². The highest BCUT2D eigenvalue weighted by Gasteiger charge is 2.32. The molecule has 4 atom stereocenters. The van der Waals surface area contributed by atoms with E-state index in [1.807, 2.05) is 0 Å². The minimum absolute atomic E-state index is 0.473. The number of carboxylic acids is 2. The van der Waals surface area contributed by atoms with Gasteiger partial charge in [-0.05, 0) is 12.8 Å². The molecule has 164 valence electrons. The van der Waals surface area contributed by atoms with Gasteiger partial charge in [-0.3, -0.25) is 28.8 Å². The largest absolute Gasteiger partial charge is 0.481 e. The third kappa shape index (κ3) is 9.51. The molecule has 0 bridgehead atoms. The normalized spacial score (nSPS) is 14.8. The topological polar surface area (TPSA) is 231 Å². The SMILES string of the molecule is CC(NC(=O)C(NC(=O)C(CC(N)=O)NC(=O)C(N)CC(=O)O)C(C)C)C(=O)O. The van der Waals surface area contributed by atoms with Crippen molar-refractivity contribution in [3.05, 3.63) is 0 Å². The summed E-state index contributed by atoms with van der Waals surface area (Å²) in [6.45, 7) is 4.40. The minimum Gasteiger partial charge on any atom is -0.481 e. The number of carbonyl (C=O) groups excluding carboxylic acids is 4. The van der Waals surface area contributed by atoms with Gasteiger partial charge < -0.3 is 37.6 Å². The van der Waals surface area contributed by atoms with Gasteiger partial charge in [-0.15, -0.1) is 0 Å². The van der Waals surface area contributed by atoms with Crippen molar-refractivity contribution in [1.82, 2.24) is 16.0 Å². The molecule has 4 amide bonds. The lowest BCUT2D eigenvalue weighted by atomic mass is 10.0. The third-order valence-electron chi connectivity index (χ3n) is 3.75. The Morgan fingerprint density at radius 1 is 0.828 bits per heavy atom. The van der Waals surface area contributed by atoms with Gasteiger partial charge in [0.2, 0.25) is 23.6 Å². The first-order valence-electron chi connectivity index (χ1n) is 8.65. The number of rotatable bonds is 12. The molecule has 13 nitrogen and oxygen atoms in total. The molecule has 13 heteroatoms. The molecule has 9 N–H and O–H groups in total. The number of primary amides is 1. The zero-order valence-corrected chi connectivity index (χ0v) is 16.3. The fourth-order valence-electron chi connectivity index (χ4n) is 2.12. The van der Waals surface area contributed by atoms with E-state index in [9.17, 15) is 28.8 Å². The Labute approximate surface area is 166 Å². The quantitative estimate of drug-likeness (QED) is 0.170. The van der Waals surface area contributed by atoms with E-state index in [1.165, 1.54) is 6.92 Å². The predicted molar refractivity (Wildman–Crippen MR) is 98.0 cm³/mol. The van der Waals surface area contributed by atoms with Gasteiger partial charge in [0.25, 0.3) is 0 Å². The lowest BCUT2D eigenvalue weighted by Crippen LogP contribution is -2.58. The van der Waals surface area contributed by atoms with Crippen LogP contribution < -0.4 is 27.4 Å². The summed E-state index contributed by atoms with van der Waals surface area (Å²) in [6.07, 6.45) is -1.34. The van der Waals surface area contributed by atoms with E-state index in [2.05, 4.69) is 16.0 Å². The molecule has 0 heterocycles. The van der Waals surface area contributed by atoms with E-state index in [4.69, 9.17) is 21.7 Å². The van der Waals surface area contributed by atoms with E-state index >= 15 is 0 Å². The molecule has 0 aromatic rings. The first-order valence-corrected chi connectivity index (χ1v) is 8.65. The Morgan fingerprint density at radius 3 is 1.79 bits per heavy atom. The Bertz CT molecular complexity index is 666. The first-order chi connectivity index (χ1) is 13.3. The molecular formula is C16H27N5O8. The smallest absolute Gasteiger partial charge is 0.325 e. The zero-order chi connectivity index (χ0) is 22.9. The lowest BCUT2D eigenvalue weighted by molar-refractivity contribution is -0.142. The number of aliphatic carboxylic acids is 2. The summed E-state index contributed by atoms with van der Waals surface area (Å²) in [4.78, 5) is 69.5. The van der Waals surface area contributed by atoms with Crippen LogP contribution in [-0.4, -0.2) is 69.9 Å². The standard InChI is InChI=1S/C16H27N5O8/c1-6(2)12(15(27)19-7(3)16(28)29)21-14(26)9(5-10(18)22)20-13(25)8(17)4-11(23)24/h6-9,12H,4-5,17H2,1-3H3,(H2,18,22)(H,19,27)(H,20,25)(H,21,26)(H,23,24)(H,28,29). The highest BCUT2D eigenvalue weighted by molar-refractivity contribution is 5.96. The monoisotopic (exact) mass is 417 g/mol. The molecular weight excluding hydrogens is 390 g/mol. The zero-order valence-electron chi connectivity index (χ0n) is 16.3. The number of amides is 4. The Kier molecular flexibility index (Phi) is 10.3. The van der Waals surface area contributed by atoms with Crippen molar-refractivity contribution >= 4 is 35.6 Å². The van der Waals surface area contributed by atoms with Crippen LogP contribution in [-0.2, 0) is 28.8 Å². The van der Waals surface area contributed by atoms with Crippen molar-refractivity contribution < 1.29 is 39.0 Å². The fraction of sp³-hybridized carbons (Fsp3) is 0.625. The molecule has 0 aromatic heterocycles. The van der Waals surface area contributed by atoms with Crippen molar-refractivity contribution in [1.29, 1.82) is 0 Å².